The maximum absolute atomic E-state index is 12.3. The van der Waals surface area contributed by atoms with Crippen molar-refractivity contribution in [2.75, 3.05) is 19.6 Å². The summed E-state index contributed by atoms with van der Waals surface area (Å²) in [4.78, 5) is 19.8. The molecular weight excluding hydrogens is 322 g/mol. The fourth-order valence-corrected chi connectivity index (χ4v) is 4.00. The number of aromatic nitrogens is 3. The number of nitrogens with one attached hydrogen (secondary N) is 1. The second kappa shape index (κ2) is 7.44. The third kappa shape index (κ3) is 4.02. The number of thiazole rings is 1. The van der Waals surface area contributed by atoms with Gasteiger partial charge in [0.1, 0.15) is 9.88 Å². The zero-order valence-electron chi connectivity index (χ0n) is 14.6. The van der Waals surface area contributed by atoms with E-state index in [0.29, 0.717) is 11.4 Å². The van der Waals surface area contributed by atoms with Gasteiger partial charge in [0, 0.05) is 12.2 Å². The fraction of sp³-hybridized carbons (Fsp3) is 0.588. The molecule has 24 heavy (non-hydrogen) atoms. The zero-order valence-corrected chi connectivity index (χ0v) is 15.4. The first-order chi connectivity index (χ1) is 11.5. The summed E-state index contributed by atoms with van der Waals surface area (Å²) in [7, 11) is 0. The van der Waals surface area contributed by atoms with Crippen LogP contribution < -0.4 is 5.32 Å². The van der Waals surface area contributed by atoms with E-state index < -0.39 is 0 Å². The number of aryl methyl sites for hydroxylation is 2. The van der Waals surface area contributed by atoms with Crippen LogP contribution in [0.25, 0.3) is 0 Å². The normalized spacial score (nSPS) is 16.5. The number of amides is 1. The molecule has 6 nitrogen and oxygen atoms in total. The van der Waals surface area contributed by atoms with E-state index >= 15 is 0 Å². The topological polar surface area (TPSA) is 63.1 Å². The van der Waals surface area contributed by atoms with Gasteiger partial charge in [0.25, 0.3) is 5.91 Å². The van der Waals surface area contributed by atoms with E-state index in [-0.39, 0.29) is 11.9 Å². The summed E-state index contributed by atoms with van der Waals surface area (Å²) < 4.78 is 1.96. The number of hydrogen-bond acceptors (Lipinski definition) is 5. The van der Waals surface area contributed by atoms with E-state index in [2.05, 4.69) is 27.2 Å². The van der Waals surface area contributed by atoms with E-state index in [1.807, 2.05) is 24.6 Å². The average Bonchev–Trinajstić information content (AvgIpc) is 3.27. The molecule has 0 aliphatic carbocycles. The van der Waals surface area contributed by atoms with E-state index in [1.54, 1.807) is 6.20 Å². The van der Waals surface area contributed by atoms with E-state index in [0.717, 1.165) is 36.0 Å². The molecule has 2 aromatic rings. The fourth-order valence-electron chi connectivity index (χ4n) is 3.13. The van der Waals surface area contributed by atoms with Gasteiger partial charge in [0.15, 0.2) is 0 Å². The highest BCUT2D eigenvalue weighted by molar-refractivity contribution is 7.13. The Morgan fingerprint density at radius 1 is 1.38 bits per heavy atom. The van der Waals surface area contributed by atoms with Gasteiger partial charge in [-0.25, -0.2) is 4.98 Å². The van der Waals surface area contributed by atoms with Crippen molar-refractivity contribution in [1.82, 2.24) is 25.0 Å². The molecule has 1 unspecified atom stereocenters. The molecule has 3 rings (SSSR count). The molecular formula is C17H25N5OS. The van der Waals surface area contributed by atoms with Crippen molar-refractivity contribution in [3.8, 4) is 0 Å². The SMILES string of the molecule is Cc1cc(C)n(C(C)CNC(=O)c2cnc(CN3CCCC3)s2)n1. The molecule has 1 amide bonds. The van der Waals surface area contributed by atoms with E-state index in [9.17, 15) is 4.79 Å². The van der Waals surface area contributed by atoms with Gasteiger partial charge in [-0.05, 0) is 52.8 Å². The molecule has 1 aliphatic rings. The predicted octanol–water partition coefficient (Wildman–Crippen LogP) is 2.54. The maximum atomic E-state index is 12.3. The Bertz CT molecular complexity index is 702. The van der Waals surface area contributed by atoms with Crippen LogP contribution in [0.5, 0.6) is 0 Å². The number of hydrogen-bond donors (Lipinski definition) is 1. The van der Waals surface area contributed by atoms with Crippen LogP contribution >= 0.6 is 11.3 Å². The van der Waals surface area contributed by atoms with Crippen molar-refractivity contribution in [2.24, 2.45) is 0 Å². The Balaban J connectivity index is 1.53. The monoisotopic (exact) mass is 347 g/mol. The van der Waals surface area contributed by atoms with Crippen molar-refractivity contribution < 1.29 is 4.79 Å². The minimum Gasteiger partial charge on any atom is -0.349 e. The maximum Gasteiger partial charge on any atom is 0.263 e. The van der Waals surface area contributed by atoms with Crippen LogP contribution in [0.15, 0.2) is 12.3 Å². The van der Waals surface area contributed by atoms with Crippen molar-refractivity contribution in [3.63, 3.8) is 0 Å². The van der Waals surface area contributed by atoms with Gasteiger partial charge in [-0.1, -0.05) is 0 Å². The summed E-state index contributed by atoms with van der Waals surface area (Å²) in [5.74, 6) is -0.0476. The molecule has 1 aliphatic heterocycles. The smallest absolute Gasteiger partial charge is 0.263 e. The Kier molecular flexibility index (Phi) is 5.30. The van der Waals surface area contributed by atoms with Gasteiger partial charge in [-0.15, -0.1) is 11.3 Å². The lowest BCUT2D eigenvalue weighted by atomic mass is 10.3. The summed E-state index contributed by atoms with van der Waals surface area (Å²) in [5, 5.41) is 8.49. The zero-order chi connectivity index (χ0) is 17.1. The number of nitrogens with zero attached hydrogens (tertiary/aromatic N) is 4. The average molecular weight is 347 g/mol. The summed E-state index contributed by atoms with van der Waals surface area (Å²) in [5.41, 5.74) is 2.11. The third-order valence-corrected chi connectivity index (χ3v) is 5.34. The van der Waals surface area contributed by atoms with Crippen LogP contribution in [0.1, 0.15) is 51.9 Å². The minimum atomic E-state index is -0.0476. The number of likely N-dealkylation sites (tertiary alicyclic amines) is 1. The molecule has 0 saturated carbocycles. The van der Waals surface area contributed by atoms with Crippen LogP contribution in [0.4, 0.5) is 0 Å². The molecule has 2 aromatic heterocycles. The highest BCUT2D eigenvalue weighted by Crippen LogP contribution is 2.18. The van der Waals surface area contributed by atoms with Gasteiger partial charge in [0.05, 0.1) is 24.5 Å². The van der Waals surface area contributed by atoms with Crippen LogP contribution in [-0.2, 0) is 6.54 Å². The molecule has 1 fully saturated rings. The number of carbonyl (C=O) groups excluding carboxylic acids is 1. The molecule has 0 radical (unpaired) electrons. The van der Waals surface area contributed by atoms with E-state index in [4.69, 9.17) is 0 Å². The van der Waals surface area contributed by atoms with Gasteiger partial charge in [-0.3, -0.25) is 14.4 Å². The lowest BCUT2D eigenvalue weighted by Gasteiger charge is -2.14. The Morgan fingerprint density at radius 3 is 2.79 bits per heavy atom. The Morgan fingerprint density at radius 2 is 2.12 bits per heavy atom. The van der Waals surface area contributed by atoms with Gasteiger partial charge in [-0.2, -0.15) is 5.10 Å². The van der Waals surface area contributed by atoms with Crippen molar-refractivity contribution >= 4 is 17.2 Å². The molecule has 0 spiro atoms. The van der Waals surface area contributed by atoms with Gasteiger partial charge >= 0.3 is 0 Å². The van der Waals surface area contributed by atoms with Crippen LogP contribution in [0.2, 0.25) is 0 Å². The second-order valence-electron chi connectivity index (χ2n) is 6.53. The molecule has 0 aromatic carbocycles. The first-order valence-corrected chi connectivity index (χ1v) is 9.32. The quantitative estimate of drug-likeness (QED) is 0.872. The summed E-state index contributed by atoms with van der Waals surface area (Å²) in [6.07, 6.45) is 4.23. The predicted molar refractivity (Wildman–Crippen MR) is 95.4 cm³/mol. The number of rotatable bonds is 6. The minimum absolute atomic E-state index is 0.0476. The molecule has 1 N–H and O–H groups in total. The molecule has 1 atom stereocenters. The molecule has 1 saturated heterocycles. The summed E-state index contributed by atoms with van der Waals surface area (Å²) in [6.45, 7) is 9.77. The van der Waals surface area contributed by atoms with Crippen molar-refractivity contribution in [3.05, 3.63) is 33.5 Å². The van der Waals surface area contributed by atoms with Crippen LogP contribution in [0.3, 0.4) is 0 Å². The van der Waals surface area contributed by atoms with Crippen LogP contribution in [0, 0.1) is 13.8 Å². The highest BCUT2D eigenvalue weighted by atomic mass is 32.1. The van der Waals surface area contributed by atoms with E-state index in [1.165, 1.54) is 24.2 Å². The van der Waals surface area contributed by atoms with Gasteiger partial charge in [0.2, 0.25) is 0 Å². The van der Waals surface area contributed by atoms with Gasteiger partial charge < -0.3 is 5.32 Å². The second-order valence-corrected chi connectivity index (χ2v) is 7.65. The Labute approximate surface area is 146 Å². The summed E-state index contributed by atoms with van der Waals surface area (Å²) >= 11 is 1.50. The van der Waals surface area contributed by atoms with Crippen molar-refractivity contribution in [2.45, 2.75) is 46.2 Å². The van der Waals surface area contributed by atoms with Crippen LogP contribution in [-0.4, -0.2) is 45.2 Å². The largest absolute Gasteiger partial charge is 0.349 e. The van der Waals surface area contributed by atoms with Crippen molar-refractivity contribution in [1.29, 1.82) is 0 Å². The number of carbonyl (C=O) groups is 1. The lowest BCUT2D eigenvalue weighted by Crippen LogP contribution is -2.29. The molecule has 3 heterocycles. The standard InChI is InChI=1S/C17H25N5OS/c1-12-8-13(2)22(20-12)14(3)9-19-17(23)15-10-18-16(24-15)11-21-6-4-5-7-21/h8,10,14H,4-7,9,11H2,1-3H3,(H,19,23). The molecule has 130 valence electrons. The molecule has 0 bridgehead atoms. The molecule has 7 heteroatoms. The Hall–Kier alpha value is -1.73. The third-order valence-electron chi connectivity index (χ3n) is 4.36. The first-order valence-electron chi connectivity index (χ1n) is 8.51. The lowest BCUT2D eigenvalue weighted by molar-refractivity contribution is 0.0951. The first kappa shape index (κ1) is 17.1. The summed E-state index contributed by atoms with van der Waals surface area (Å²) in [6, 6.07) is 2.17. The highest BCUT2D eigenvalue weighted by Gasteiger charge is 2.17.